The third-order valence-corrected chi connectivity index (χ3v) is 2.62. The number of hydrogen-bond donors (Lipinski definition) is 2. The molecule has 4 nitrogen and oxygen atoms in total. The number of carboxylic acids is 1. The summed E-state index contributed by atoms with van der Waals surface area (Å²) in [5, 5.41) is 9.10. The van der Waals surface area contributed by atoms with Crippen molar-refractivity contribution >= 4 is 22.4 Å². The standard InChI is InChI=1S/C8H12N2O2S/c1-2-3-4-5-6(7(11)12)10-8(9)13-5/h2-4H2,1H3,(H2,9,10)(H,11,12). The quantitative estimate of drug-likeness (QED) is 0.776. The van der Waals surface area contributed by atoms with Crippen LogP contribution >= 0.6 is 11.3 Å². The van der Waals surface area contributed by atoms with Gasteiger partial charge in [0.2, 0.25) is 0 Å². The highest BCUT2D eigenvalue weighted by Crippen LogP contribution is 2.22. The Hall–Kier alpha value is -1.10. The Morgan fingerprint density at radius 2 is 2.38 bits per heavy atom. The molecule has 0 spiro atoms. The zero-order valence-electron chi connectivity index (χ0n) is 7.41. The maximum atomic E-state index is 10.7. The van der Waals surface area contributed by atoms with Gasteiger partial charge in [-0.25, -0.2) is 9.78 Å². The van der Waals surface area contributed by atoms with E-state index < -0.39 is 5.97 Å². The molecular weight excluding hydrogens is 188 g/mol. The molecular formula is C8H12N2O2S. The smallest absolute Gasteiger partial charge is 0.355 e. The molecule has 13 heavy (non-hydrogen) atoms. The second-order valence-corrected chi connectivity index (χ2v) is 3.85. The summed E-state index contributed by atoms with van der Waals surface area (Å²) in [6.45, 7) is 2.06. The number of hydrogen-bond acceptors (Lipinski definition) is 4. The second-order valence-electron chi connectivity index (χ2n) is 2.73. The van der Waals surface area contributed by atoms with Crippen molar-refractivity contribution in [1.29, 1.82) is 0 Å². The average Bonchev–Trinajstić information content (AvgIpc) is 2.43. The fraction of sp³-hybridized carbons (Fsp3) is 0.500. The van der Waals surface area contributed by atoms with Crippen LogP contribution in [0.3, 0.4) is 0 Å². The van der Waals surface area contributed by atoms with Crippen LogP contribution < -0.4 is 5.73 Å². The summed E-state index contributed by atoms with van der Waals surface area (Å²) in [6, 6.07) is 0. The molecule has 1 aromatic rings. The molecule has 0 amide bonds. The van der Waals surface area contributed by atoms with Gasteiger partial charge < -0.3 is 10.8 Å². The first-order valence-electron chi connectivity index (χ1n) is 4.13. The first-order chi connectivity index (χ1) is 6.15. The number of carboxylic acid groups (broad SMARTS) is 1. The molecule has 0 aromatic carbocycles. The van der Waals surface area contributed by atoms with Crippen molar-refractivity contribution in [3.05, 3.63) is 10.6 Å². The lowest BCUT2D eigenvalue weighted by atomic mass is 10.2. The first-order valence-corrected chi connectivity index (χ1v) is 4.95. The predicted molar refractivity (Wildman–Crippen MR) is 52.1 cm³/mol. The van der Waals surface area contributed by atoms with Crippen LogP contribution in [0.4, 0.5) is 5.13 Å². The topological polar surface area (TPSA) is 76.2 Å². The minimum absolute atomic E-state index is 0.121. The number of unbranched alkanes of at least 4 members (excludes halogenated alkanes) is 1. The largest absolute Gasteiger partial charge is 0.476 e. The molecule has 0 aliphatic heterocycles. The molecule has 0 aliphatic rings. The van der Waals surface area contributed by atoms with E-state index in [4.69, 9.17) is 10.8 Å². The van der Waals surface area contributed by atoms with Crippen molar-refractivity contribution in [2.24, 2.45) is 0 Å². The lowest BCUT2D eigenvalue weighted by molar-refractivity contribution is 0.0690. The van der Waals surface area contributed by atoms with Gasteiger partial charge in [0.1, 0.15) is 0 Å². The summed E-state index contributed by atoms with van der Waals surface area (Å²) in [5.41, 5.74) is 5.55. The molecule has 0 atom stereocenters. The van der Waals surface area contributed by atoms with Crippen LogP contribution in [0, 0.1) is 0 Å². The van der Waals surface area contributed by atoms with Gasteiger partial charge in [0.05, 0.1) is 0 Å². The maximum absolute atomic E-state index is 10.7. The summed E-state index contributed by atoms with van der Waals surface area (Å²) < 4.78 is 0. The highest BCUT2D eigenvalue weighted by molar-refractivity contribution is 7.15. The molecule has 0 saturated heterocycles. The van der Waals surface area contributed by atoms with Crippen LogP contribution in [0.15, 0.2) is 0 Å². The highest BCUT2D eigenvalue weighted by atomic mass is 32.1. The van der Waals surface area contributed by atoms with Gasteiger partial charge in [-0.2, -0.15) is 0 Å². The number of aromatic nitrogens is 1. The van der Waals surface area contributed by atoms with E-state index in [2.05, 4.69) is 11.9 Å². The molecule has 1 rings (SSSR count). The minimum atomic E-state index is -0.987. The number of anilines is 1. The van der Waals surface area contributed by atoms with E-state index in [0.717, 1.165) is 24.1 Å². The SMILES string of the molecule is CCCCc1sc(N)nc1C(=O)O. The molecule has 0 bridgehead atoms. The molecule has 3 N–H and O–H groups in total. The molecule has 0 aliphatic carbocycles. The Balaban J connectivity index is 2.84. The van der Waals surface area contributed by atoms with Gasteiger partial charge in [-0.05, 0) is 12.8 Å². The van der Waals surface area contributed by atoms with Gasteiger partial charge in [0, 0.05) is 4.88 Å². The van der Waals surface area contributed by atoms with Crippen LogP contribution in [0.2, 0.25) is 0 Å². The molecule has 5 heteroatoms. The van der Waals surface area contributed by atoms with E-state index in [1.807, 2.05) is 0 Å². The van der Waals surface area contributed by atoms with E-state index in [-0.39, 0.29) is 5.69 Å². The number of nitrogens with two attached hydrogens (primary N) is 1. The van der Waals surface area contributed by atoms with E-state index in [9.17, 15) is 4.79 Å². The van der Waals surface area contributed by atoms with Crippen LogP contribution in [0.1, 0.15) is 35.1 Å². The van der Waals surface area contributed by atoms with Crippen LogP contribution in [0.5, 0.6) is 0 Å². The Kier molecular flexibility index (Phi) is 3.25. The minimum Gasteiger partial charge on any atom is -0.476 e. The van der Waals surface area contributed by atoms with Crippen molar-refractivity contribution < 1.29 is 9.90 Å². The highest BCUT2D eigenvalue weighted by Gasteiger charge is 2.15. The zero-order chi connectivity index (χ0) is 9.84. The summed E-state index contributed by atoms with van der Waals surface area (Å²) in [4.78, 5) is 15.2. The van der Waals surface area contributed by atoms with Crippen molar-refractivity contribution in [2.75, 3.05) is 5.73 Å². The molecule has 1 heterocycles. The van der Waals surface area contributed by atoms with Crippen molar-refractivity contribution in [1.82, 2.24) is 4.98 Å². The van der Waals surface area contributed by atoms with E-state index in [1.165, 1.54) is 11.3 Å². The second kappa shape index (κ2) is 4.23. The Bertz CT molecular complexity index is 309. The van der Waals surface area contributed by atoms with Gasteiger partial charge in [0.15, 0.2) is 10.8 Å². The monoisotopic (exact) mass is 200 g/mol. The van der Waals surface area contributed by atoms with E-state index in [1.54, 1.807) is 0 Å². The number of nitrogen functional groups attached to an aromatic ring is 1. The maximum Gasteiger partial charge on any atom is 0.355 e. The lowest BCUT2D eigenvalue weighted by Crippen LogP contribution is -2.01. The molecule has 0 fully saturated rings. The normalized spacial score (nSPS) is 10.2. The van der Waals surface area contributed by atoms with E-state index >= 15 is 0 Å². The van der Waals surface area contributed by atoms with Crippen LogP contribution in [-0.2, 0) is 6.42 Å². The molecule has 0 saturated carbocycles. The third kappa shape index (κ3) is 2.42. The van der Waals surface area contributed by atoms with Gasteiger partial charge >= 0.3 is 5.97 Å². The molecule has 0 radical (unpaired) electrons. The number of thiazole rings is 1. The Labute approximate surface area is 80.4 Å². The lowest BCUT2D eigenvalue weighted by Gasteiger charge is -1.94. The third-order valence-electron chi connectivity index (χ3n) is 1.67. The summed E-state index contributed by atoms with van der Waals surface area (Å²) in [5.74, 6) is -0.987. The van der Waals surface area contributed by atoms with E-state index in [0.29, 0.717) is 5.13 Å². The van der Waals surface area contributed by atoms with Gasteiger partial charge in [-0.3, -0.25) is 0 Å². The molecule has 72 valence electrons. The molecule has 1 aromatic heterocycles. The predicted octanol–water partition coefficient (Wildman–Crippen LogP) is 1.77. The number of carbonyl (C=O) groups is 1. The summed E-state index contributed by atoms with van der Waals surface area (Å²) in [7, 11) is 0. The summed E-state index contributed by atoms with van der Waals surface area (Å²) >= 11 is 1.27. The number of nitrogens with zero attached hydrogens (tertiary/aromatic N) is 1. The van der Waals surface area contributed by atoms with Gasteiger partial charge in [-0.1, -0.05) is 13.3 Å². The fourth-order valence-corrected chi connectivity index (χ4v) is 1.91. The Morgan fingerprint density at radius 1 is 1.69 bits per heavy atom. The van der Waals surface area contributed by atoms with Gasteiger partial charge in [-0.15, -0.1) is 11.3 Å². The van der Waals surface area contributed by atoms with Crippen molar-refractivity contribution in [3.8, 4) is 0 Å². The van der Waals surface area contributed by atoms with Crippen molar-refractivity contribution in [3.63, 3.8) is 0 Å². The molecule has 0 unspecified atom stereocenters. The van der Waals surface area contributed by atoms with Crippen LogP contribution in [0.25, 0.3) is 0 Å². The first kappa shape index (κ1) is 9.98. The number of aryl methyl sites for hydroxylation is 1. The van der Waals surface area contributed by atoms with Crippen LogP contribution in [-0.4, -0.2) is 16.1 Å². The van der Waals surface area contributed by atoms with Gasteiger partial charge in [0.25, 0.3) is 0 Å². The number of aromatic carboxylic acids is 1. The Morgan fingerprint density at radius 3 is 2.92 bits per heavy atom. The summed E-state index contributed by atoms with van der Waals surface area (Å²) in [6.07, 6.45) is 2.77. The fourth-order valence-electron chi connectivity index (χ4n) is 1.04. The number of rotatable bonds is 4. The zero-order valence-corrected chi connectivity index (χ0v) is 8.23. The van der Waals surface area contributed by atoms with Crippen molar-refractivity contribution in [2.45, 2.75) is 26.2 Å². The average molecular weight is 200 g/mol.